The van der Waals surface area contributed by atoms with E-state index in [1.54, 1.807) is 36.4 Å². The Morgan fingerprint density at radius 3 is 2.70 bits per heavy atom. The first kappa shape index (κ1) is 12.8. The summed E-state index contributed by atoms with van der Waals surface area (Å²) in [7, 11) is -3.62. The van der Waals surface area contributed by atoms with Gasteiger partial charge in [0.2, 0.25) is 0 Å². The zero-order chi connectivity index (χ0) is 14.2. The fourth-order valence-corrected chi connectivity index (χ4v) is 3.71. The molecule has 5 nitrogen and oxygen atoms in total. The number of fused-ring (bicyclic) bond motifs is 1. The van der Waals surface area contributed by atoms with E-state index in [0.717, 1.165) is 0 Å². The van der Waals surface area contributed by atoms with Crippen LogP contribution in [-0.2, 0) is 10.0 Å². The highest BCUT2D eigenvalue weighted by Crippen LogP contribution is 2.34. The third-order valence-corrected chi connectivity index (χ3v) is 4.94. The third kappa shape index (κ3) is 2.08. The molecule has 0 fully saturated rings. The lowest BCUT2D eigenvalue weighted by Gasteiger charge is -2.30. The average Bonchev–Trinajstić information content (AvgIpc) is 2.46. The van der Waals surface area contributed by atoms with Gasteiger partial charge >= 0.3 is 0 Å². The van der Waals surface area contributed by atoms with Gasteiger partial charge in [0, 0.05) is 5.69 Å². The third-order valence-electron chi connectivity index (χ3n) is 3.13. The standard InChI is InChI=1S/C14H14N2O3S/c15-11-4-3-5-12(10-11)20(17,18)16-8-9-19-14-7-2-1-6-13(14)16/h1-7,10H,8-9,15H2. The van der Waals surface area contributed by atoms with E-state index in [0.29, 0.717) is 23.7 Å². The molecule has 1 aliphatic rings. The fourth-order valence-electron chi connectivity index (χ4n) is 2.20. The molecular weight excluding hydrogens is 276 g/mol. The number of hydrogen-bond acceptors (Lipinski definition) is 4. The summed E-state index contributed by atoms with van der Waals surface area (Å²) in [6.45, 7) is 0.618. The van der Waals surface area contributed by atoms with Gasteiger partial charge in [0.15, 0.2) is 0 Å². The maximum atomic E-state index is 12.7. The smallest absolute Gasteiger partial charge is 0.264 e. The number of nitrogens with two attached hydrogens (primary N) is 1. The van der Waals surface area contributed by atoms with Crippen LogP contribution < -0.4 is 14.8 Å². The van der Waals surface area contributed by atoms with Crippen LogP contribution in [0.15, 0.2) is 53.4 Å². The molecule has 2 aromatic rings. The number of para-hydroxylation sites is 2. The van der Waals surface area contributed by atoms with Gasteiger partial charge in [-0.05, 0) is 30.3 Å². The molecule has 0 spiro atoms. The molecule has 1 aliphatic heterocycles. The van der Waals surface area contributed by atoms with Crippen LogP contribution in [0, 0.1) is 0 Å². The minimum atomic E-state index is -3.62. The number of ether oxygens (including phenoxy) is 1. The van der Waals surface area contributed by atoms with Crippen molar-refractivity contribution in [1.82, 2.24) is 0 Å². The second-order valence-corrected chi connectivity index (χ2v) is 6.33. The second kappa shape index (κ2) is 4.72. The number of nitrogen functional groups attached to an aromatic ring is 1. The van der Waals surface area contributed by atoms with Gasteiger partial charge in [0.05, 0.1) is 17.1 Å². The van der Waals surface area contributed by atoms with E-state index < -0.39 is 10.0 Å². The van der Waals surface area contributed by atoms with Crippen molar-refractivity contribution >= 4 is 21.4 Å². The van der Waals surface area contributed by atoms with E-state index in [1.807, 2.05) is 6.07 Å². The summed E-state index contributed by atoms with van der Waals surface area (Å²) >= 11 is 0. The van der Waals surface area contributed by atoms with Crippen LogP contribution in [0.3, 0.4) is 0 Å². The average molecular weight is 290 g/mol. The Morgan fingerprint density at radius 2 is 1.90 bits per heavy atom. The summed E-state index contributed by atoms with van der Waals surface area (Å²) in [5.74, 6) is 0.575. The van der Waals surface area contributed by atoms with Crippen molar-refractivity contribution in [1.29, 1.82) is 0 Å². The molecule has 20 heavy (non-hydrogen) atoms. The summed E-state index contributed by atoms with van der Waals surface area (Å²) in [5, 5.41) is 0. The molecule has 3 rings (SSSR count). The molecule has 0 unspecified atom stereocenters. The van der Waals surface area contributed by atoms with Gasteiger partial charge in [0.1, 0.15) is 12.4 Å². The number of hydrogen-bond donors (Lipinski definition) is 1. The van der Waals surface area contributed by atoms with Crippen molar-refractivity contribution in [2.45, 2.75) is 4.90 Å². The van der Waals surface area contributed by atoms with Crippen molar-refractivity contribution in [3.05, 3.63) is 48.5 Å². The Labute approximate surface area is 117 Å². The van der Waals surface area contributed by atoms with E-state index in [2.05, 4.69) is 0 Å². The lowest BCUT2D eigenvalue weighted by molar-refractivity contribution is 0.316. The van der Waals surface area contributed by atoms with Crippen LogP contribution in [0.25, 0.3) is 0 Å². The molecule has 0 amide bonds. The molecule has 1 heterocycles. The molecule has 0 aliphatic carbocycles. The van der Waals surface area contributed by atoms with Gasteiger partial charge in [-0.2, -0.15) is 0 Å². The van der Waals surface area contributed by atoms with Crippen molar-refractivity contribution in [3.8, 4) is 5.75 Å². The van der Waals surface area contributed by atoms with Crippen LogP contribution in [0.1, 0.15) is 0 Å². The number of anilines is 2. The topological polar surface area (TPSA) is 72.6 Å². The quantitative estimate of drug-likeness (QED) is 0.857. The molecule has 0 aromatic heterocycles. The van der Waals surface area contributed by atoms with Gasteiger partial charge in [-0.3, -0.25) is 4.31 Å². The zero-order valence-electron chi connectivity index (χ0n) is 10.7. The molecule has 0 radical (unpaired) electrons. The van der Waals surface area contributed by atoms with Crippen molar-refractivity contribution in [3.63, 3.8) is 0 Å². The van der Waals surface area contributed by atoms with E-state index in [9.17, 15) is 8.42 Å². The first-order valence-electron chi connectivity index (χ1n) is 6.19. The molecule has 0 saturated carbocycles. The number of nitrogens with zero attached hydrogens (tertiary/aromatic N) is 1. The molecule has 104 valence electrons. The van der Waals surface area contributed by atoms with Crippen molar-refractivity contribution < 1.29 is 13.2 Å². The highest BCUT2D eigenvalue weighted by atomic mass is 32.2. The Kier molecular flexibility index (Phi) is 3.02. The molecular formula is C14H14N2O3S. The van der Waals surface area contributed by atoms with Crippen LogP contribution in [0.2, 0.25) is 0 Å². The monoisotopic (exact) mass is 290 g/mol. The molecule has 2 N–H and O–H groups in total. The fraction of sp³-hybridized carbons (Fsp3) is 0.143. The van der Waals surface area contributed by atoms with Crippen LogP contribution in [-0.4, -0.2) is 21.6 Å². The Bertz CT molecular complexity index is 744. The minimum absolute atomic E-state index is 0.189. The van der Waals surface area contributed by atoms with Crippen molar-refractivity contribution in [2.75, 3.05) is 23.2 Å². The first-order chi connectivity index (χ1) is 9.59. The highest BCUT2D eigenvalue weighted by Gasteiger charge is 2.29. The van der Waals surface area contributed by atoms with E-state index in [4.69, 9.17) is 10.5 Å². The molecule has 2 aromatic carbocycles. The van der Waals surface area contributed by atoms with Crippen LogP contribution in [0.5, 0.6) is 5.75 Å². The van der Waals surface area contributed by atoms with Crippen LogP contribution in [0.4, 0.5) is 11.4 Å². The largest absolute Gasteiger partial charge is 0.489 e. The normalized spacial score (nSPS) is 14.5. The highest BCUT2D eigenvalue weighted by molar-refractivity contribution is 7.92. The maximum absolute atomic E-state index is 12.7. The summed E-state index contributed by atoms with van der Waals surface area (Å²) in [6, 6.07) is 13.4. The van der Waals surface area contributed by atoms with Crippen molar-refractivity contribution in [2.24, 2.45) is 0 Å². The van der Waals surface area contributed by atoms with E-state index in [1.165, 1.54) is 10.4 Å². The van der Waals surface area contributed by atoms with Gasteiger partial charge in [-0.1, -0.05) is 18.2 Å². The zero-order valence-corrected chi connectivity index (χ0v) is 11.5. The first-order valence-corrected chi connectivity index (χ1v) is 7.63. The summed E-state index contributed by atoms with van der Waals surface area (Å²) in [6.07, 6.45) is 0. The number of sulfonamides is 1. The van der Waals surface area contributed by atoms with E-state index in [-0.39, 0.29) is 11.4 Å². The molecule has 6 heteroatoms. The summed E-state index contributed by atoms with van der Waals surface area (Å²) < 4.78 is 32.3. The van der Waals surface area contributed by atoms with Gasteiger partial charge in [-0.15, -0.1) is 0 Å². The lowest BCUT2D eigenvalue weighted by atomic mass is 10.2. The number of benzene rings is 2. The van der Waals surface area contributed by atoms with Gasteiger partial charge in [-0.25, -0.2) is 8.42 Å². The summed E-state index contributed by atoms with van der Waals surface area (Å²) in [5.41, 5.74) is 6.65. The lowest BCUT2D eigenvalue weighted by Crippen LogP contribution is -2.37. The molecule has 0 bridgehead atoms. The predicted molar refractivity (Wildman–Crippen MR) is 77.3 cm³/mol. The van der Waals surface area contributed by atoms with Gasteiger partial charge in [0.25, 0.3) is 10.0 Å². The Balaban J connectivity index is 2.10. The summed E-state index contributed by atoms with van der Waals surface area (Å²) in [4.78, 5) is 0.189. The van der Waals surface area contributed by atoms with E-state index >= 15 is 0 Å². The maximum Gasteiger partial charge on any atom is 0.264 e. The predicted octanol–water partition coefficient (Wildman–Crippen LogP) is 1.86. The molecule has 0 saturated heterocycles. The minimum Gasteiger partial charge on any atom is -0.489 e. The SMILES string of the molecule is Nc1cccc(S(=O)(=O)N2CCOc3ccccc32)c1. The molecule has 0 atom stereocenters. The Morgan fingerprint density at radius 1 is 1.10 bits per heavy atom. The van der Waals surface area contributed by atoms with Gasteiger partial charge < -0.3 is 10.5 Å². The van der Waals surface area contributed by atoms with Crippen LogP contribution >= 0.6 is 0 Å². The number of rotatable bonds is 2. The Hall–Kier alpha value is -2.21. The second-order valence-electron chi connectivity index (χ2n) is 4.47.